The van der Waals surface area contributed by atoms with Crippen LogP contribution in [0.25, 0.3) is 0 Å². The first-order valence-corrected chi connectivity index (χ1v) is 7.04. The lowest BCUT2D eigenvalue weighted by molar-refractivity contribution is 0.463. The molecular weight excluding hydrogens is 218 g/mol. The van der Waals surface area contributed by atoms with E-state index in [0.29, 0.717) is 6.04 Å². The molecule has 1 aromatic heterocycles. The maximum atomic E-state index is 6.23. The molecule has 0 radical (unpaired) electrons. The lowest BCUT2D eigenvalue weighted by Crippen LogP contribution is -2.30. The van der Waals surface area contributed by atoms with Crippen LogP contribution < -0.4 is 5.73 Å². The van der Waals surface area contributed by atoms with Gasteiger partial charge < -0.3 is 5.73 Å². The molecule has 4 heteroatoms. The van der Waals surface area contributed by atoms with Crippen LogP contribution in [-0.4, -0.2) is 21.6 Å². The molecule has 90 valence electrons. The van der Waals surface area contributed by atoms with Gasteiger partial charge in [-0.05, 0) is 31.7 Å². The summed E-state index contributed by atoms with van der Waals surface area (Å²) in [6, 6.07) is 2.48. The minimum atomic E-state index is 0.350. The number of nitrogens with zero attached hydrogens (tertiary/aromatic N) is 2. The summed E-state index contributed by atoms with van der Waals surface area (Å²) in [5.41, 5.74) is 7.32. The Bertz CT molecular complexity index is 342. The van der Waals surface area contributed by atoms with Crippen LogP contribution >= 0.6 is 11.8 Å². The fourth-order valence-electron chi connectivity index (χ4n) is 2.43. The van der Waals surface area contributed by atoms with E-state index in [1.807, 2.05) is 30.4 Å². The standard InChI is InChI=1S/C12H21N3S/c1-9-7-12(15(2)14-9)16-8-11(13)10-5-3-4-6-10/h7,10-11H,3-6,8,13H2,1-2H3. The van der Waals surface area contributed by atoms with Gasteiger partial charge in [-0.25, -0.2) is 0 Å². The summed E-state index contributed by atoms with van der Waals surface area (Å²) >= 11 is 1.84. The number of hydrogen-bond acceptors (Lipinski definition) is 3. The largest absolute Gasteiger partial charge is 0.327 e. The lowest BCUT2D eigenvalue weighted by Gasteiger charge is -2.17. The zero-order valence-electron chi connectivity index (χ0n) is 10.1. The molecule has 1 unspecified atom stereocenters. The molecule has 3 nitrogen and oxygen atoms in total. The van der Waals surface area contributed by atoms with Crippen molar-refractivity contribution in [3.05, 3.63) is 11.8 Å². The minimum Gasteiger partial charge on any atom is -0.327 e. The first-order chi connectivity index (χ1) is 7.66. The van der Waals surface area contributed by atoms with Crippen molar-refractivity contribution in [3.63, 3.8) is 0 Å². The Kier molecular flexibility index (Phi) is 3.92. The van der Waals surface area contributed by atoms with E-state index < -0.39 is 0 Å². The number of hydrogen-bond donors (Lipinski definition) is 1. The molecule has 1 aliphatic rings. The van der Waals surface area contributed by atoms with Crippen LogP contribution in [0, 0.1) is 12.8 Å². The monoisotopic (exact) mass is 239 g/mol. The molecular formula is C12H21N3S. The average molecular weight is 239 g/mol. The zero-order chi connectivity index (χ0) is 11.5. The molecule has 0 aliphatic heterocycles. The second kappa shape index (κ2) is 5.23. The molecule has 1 aromatic rings. The molecule has 0 saturated heterocycles. The Hall–Kier alpha value is -0.480. The third kappa shape index (κ3) is 2.80. The fraction of sp³-hybridized carbons (Fsp3) is 0.750. The van der Waals surface area contributed by atoms with Crippen LogP contribution in [0.1, 0.15) is 31.4 Å². The molecule has 1 fully saturated rings. The number of thioether (sulfide) groups is 1. The van der Waals surface area contributed by atoms with Gasteiger partial charge in [0.25, 0.3) is 0 Å². The zero-order valence-corrected chi connectivity index (χ0v) is 11.0. The molecule has 1 saturated carbocycles. The van der Waals surface area contributed by atoms with E-state index in [9.17, 15) is 0 Å². The molecule has 2 N–H and O–H groups in total. The van der Waals surface area contributed by atoms with Gasteiger partial charge in [0.1, 0.15) is 0 Å². The van der Waals surface area contributed by atoms with E-state index >= 15 is 0 Å². The van der Waals surface area contributed by atoms with Crippen LogP contribution in [-0.2, 0) is 7.05 Å². The van der Waals surface area contributed by atoms with Gasteiger partial charge in [-0.2, -0.15) is 5.10 Å². The van der Waals surface area contributed by atoms with Crippen molar-refractivity contribution in [1.82, 2.24) is 9.78 Å². The topological polar surface area (TPSA) is 43.8 Å². The Morgan fingerprint density at radius 3 is 2.81 bits per heavy atom. The van der Waals surface area contributed by atoms with Gasteiger partial charge in [0.05, 0.1) is 10.7 Å². The molecule has 16 heavy (non-hydrogen) atoms. The van der Waals surface area contributed by atoms with Crippen molar-refractivity contribution >= 4 is 11.8 Å². The van der Waals surface area contributed by atoms with Crippen LogP contribution in [0.2, 0.25) is 0 Å². The summed E-state index contributed by atoms with van der Waals surface area (Å²) in [7, 11) is 2.00. The van der Waals surface area contributed by atoms with Crippen LogP contribution in [0.15, 0.2) is 11.1 Å². The Balaban J connectivity index is 1.84. The van der Waals surface area contributed by atoms with Gasteiger partial charge in [0.2, 0.25) is 0 Å². The van der Waals surface area contributed by atoms with Crippen LogP contribution in [0.5, 0.6) is 0 Å². The fourth-order valence-corrected chi connectivity index (χ4v) is 3.54. The highest BCUT2D eigenvalue weighted by molar-refractivity contribution is 7.99. The van der Waals surface area contributed by atoms with Crippen molar-refractivity contribution < 1.29 is 0 Å². The smallest absolute Gasteiger partial charge is 0.0939 e. The second-order valence-electron chi connectivity index (χ2n) is 4.77. The summed E-state index contributed by atoms with van der Waals surface area (Å²) in [5, 5.41) is 5.57. The number of aromatic nitrogens is 2. The summed E-state index contributed by atoms with van der Waals surface area (Å²) < 4.78 is 1.95. The highest BCUT2D eigenvalue weighted by Gasteiger charge is 2.22. The Morgan fingerprint density at radius 2 is 2.25 bits per heavy atom. The summed E-state index contributed by atoms with van der Waals surface area (Å²) in [5.74, 6) is 1.77. The van der Waals surface area contributed by atoms with E-state index in [1.165, 1.54) is 30.7 Å². The molecule has 2 rings (SSSR count). The van der Waals surface area contributed by atoms with Crippen molar-refractivity contribution in [3.8, 4) is 0 Å². The molecule has 0 bridgehead atoms. The van der Waals surface area contributed by atoms with E-state index in [2.05, 4.69) is 11.2 Å². The third-order valence-corrected chi connectivity index (χ3v) is 4.62. The normalized spacial score (nSPS) is 19.2. The summed E-state index contributed by atoms with van der Waals surface area (Å²) in [6.45, 7) is 2.03. The van der Waals surface area contributed by atoms with Gasteiger partial charge >= 0.3 is 0 Å². The van der Waals surface area contributed by atoms with E-state index in [0.717, 1.165) is 17.4 Å². The third-order valence-electron chi connectivity index (χ3n) is 3.39. The number of nitrogens with two attached hydrogens (primary N) is 1. The average Bonchev–Trinajstić information content (AvgIpc) is 2.84. The number of rotatable bonds is 4. The first kappa shape index (κ1) is 12.0. The van der Waals surface area contributed by atoms with Gasteiger partial charge in [-0.1, -0.05) is 12.8 Å². The molecule has 1 atom stereocenters. The summed E-state index contributed by atoms with van der Waals surface area (Å²) in [6.07, 6.45) is 5.39. The lowest BCUT2D eigenvalue weighted by atomic mass is 10.0. The minimum absolute atomic E-state index is 0.350. The maximum Gasteiger partial charge on any atom is 0.0939 e. The highest BCUT2D eigenvalue weighted by atomic mass is 32.2. The highest BCUT2D eigenvalue weighted by Crippen LogP contribution is 2.29. The number of aryl methyl sites for hydroxylation is 2. The second-order valence-corrected chi connectivity index (χ2v) is 5.81. The predicted molar refractivity (Wildman–Crippen MR) is 68.6 cm³/mol. The van der Waals surface area contributed by atoms with E-state index in [1.54, 1.807) is 0 Å². The van der Waals surface area contributed by atoms with Crippen LogP contribution in [0.4, 0.5) is 0 Å². The van der Waals surface area contributed by atoms with Crippen molar-refractivity contribution in [2.24, 2.45) is 18.7 Å². The van der Waals surface area contributed by atoms with E-state index in [-0.39, 0.29) is 0 Å². The molecule has 0 spiro atoms. The van der Waals surface area contributed by atoms with Gasteiger partial charge in [-0.3, -0.25) is 4.68 Å². The maximum absolute atomic E-state index is 6.23. The quantitative estimate of drug-likeness (QED) is 0.820. The molecule has 1 aliphatic carbocycles. The van der Waals surface area contributed by atoms with Gasteiger partial charge in [-0.15, -0.1) is 11.8 Å². The SMILES string of the molecule is Cc1cc(SCC(N)C2CCCC2)n(C)n1. The van der Waals surface area contributed by atoms with Crippen molar-refractivity contribution in [2.45, 2.75) is 43.7 Å². The molecule has 1 heterocycles. The van der Waals surface area contributed by atoms with Gasteiger partial charge in [0.15, 0.2) is 0 Å². The predicted octanol–water partition coefficient (Wildman–Crippen LogP) is 2.34. The first-order valence-electron chi connectivity index (χ1n) is 6.06. The molecule has 0 amide bonds. The van der Waals surface area contributed by atoms with Crippen molar-refractivity contribution in [1.29, 1.82) is 0 Å². The Morgan fingerprint density at radius 1 is 1.56 bits per heavy atom. The van der Waals surface area contributed by atoms with Crippen LogP contribution in [0.3, 0.4) is 0 Å². The molecule has 0 aromatic carbocycles. The Labute approximate surface area is 102 Å². The van der Waals surface area contributed by atoms with Gasteiger partial charge in [0, 0.05) is 18.8 Å². The van der Waals surface area contributed by atoms with E-state index in [4.69, 9.17) is 5.73 Å². The van der Waals surface area contributed by atoms with Crippen molar-refractivity contribution in [2.75, 3.05) is 5.75 Å². The summed E-state index contributed by atoms with van der Waals surface area (Å²) in [4.78, 5) is 0.